The van der Waals surface area contributed by atoms with E-state index in [1.165, 1.54) is 24.1 Å². The minimum absolute atomic E-state index is 0.413. The second-order valence-electron chi connectivity index (χ2n) is 5.37. The number of rotatable bonds is 4. The van der Waals surface area contributed by atoms with Crippen molar-refractivity contribution in [1.29, 1.82) is 0 Å². The summed E-state index contributed by atoms with van der Waals surface area (Å²) >= 11 is 0. The highest BCUT2D eigenvalue weighted by atomic mass is 15.3. The lowest BCUT2D eigenvalue weighted by atomic mass is 9.92. The number of hydrogen-bond donors (Lipinski definition) is 1. The van der Waals surface area contributed by atoms with E-state index in [4.69, 9.17) is 4.98 Å². The Bertz CT molecular complexity index is 590. The van der Waals surface area contributed by atoms with Crippen LogP contribution in [0.5, 0.6) is 0 Å². The summed E-state index contributed by atoms with van der Waals surface area (Å²) in [5, 5.41) is 7.97. The monoisotopic (exact) mass is 271 g/mol. The molecule has 1 unspecified atom stereocenters. The fourth-order valence-corrected chi connectivity index (χ4v) is 2.74. The number of fused-ring (bicyclic) bond motifs is 1. The average molecular weight is 271 g/mol. The van der Waals surface area contributed by atoms with E-state index in [1.54, 1.807) is 4.68 Å². The van der Waals surface area contributed by atoms with Crippen molar-refractivity contribution < 1.29 is 0 Å². The lowest BCUT2D eigenvalue weighted by Crippen LogP contribution is -2.26. The van der Waals surface area contributed by atoms with Crippen LogP contribution >= 0.6 is 0 Å². The van der Waals surface area contributed by atoms with Crippen molar-refractivity contribution in [1.82, 2.24) is 25.1 Å². The summed E-state index contributed by atoms with van der Waals surface area (Å²) in [4.78, 5) is 9.24. The van der Waals surface area contributed by atoms with Gasteiger partial charge in [0.15, 0.2) is 5.82 Å². The second kappa shape index (κ2) is 5.71. The third kappa shape index (κ3) is 2.58. The molecule has 2 aromatic rings. The summed E-state index contributed by atoms with van der Waals surface area (Å²) in [6, 6.07) is 2.37. The third-order valence-corrected chi connectivity index (χ3v) is 3.77. The highest BCUT2D eigenvalue weighted by molar-refractivity contribution is 5.48. The Kier molecular flexibility index (Phi) is 3.78. The van der Waals surface area contributed by atoms with Gasteiger partial charge in [-0.25, -0.2) is 9.97 Å². The maximum absolute atomic E-state index is 4.73. The van der Waals surface area contributed by atoms with E-state index >= 15 is 0 Å². The normalized spacial score (nSPS) is 18.0. The molecule has 0 aliphatic heterocycles. The van der Waals surface area contributed by atoms with Gasteiger partial charge in [-0.05, 0) is 38.3 Å². The summed E-state index contributed by atoms with van der Waals surface area (Å²) < 4.78 is 1.78. The molecule has 1 aliphatic rings. The Labute approximate surface area is 119 Å². The molecule has 2 aromatic heterocycles. The second-order valence-corrected chi connectivity index (χ2v) is 5.37. The predicted octanol–water partition coefficient (Wildman–Crippen LogP) is 2.25. The van der Waals surface area contributed by atoms with Gasteiger partial charge in [0.25, 0.3) is 0 Å². The Hall–Kier alpha value is -1.75. The van der Waals surface area contributed by atoms with E-state index in [2.05, 4.69) is 22.3 Å². The molecule has 1 aliphatic carbocycles. The average Bonchev–Trinajstić information content (AvgIpc) is 2.91. The summed E-state index contributed by atoms with van der Waals surface area (Å²) in [5.41, 5.74) is 3.30. The fraction of sp³-hybridized carbons (Fsp3) is 0.533. The number of hydrogen-bond acceptors (Lipinski definition) is 4. The first kappa shape index (κ1) is 13.2. The first-order chi connectivity index (χ1) is 9.78. The van der Waals surface area contributed by atoms with Gasteiger partial charge in [0.05, 0.1) is 0 Å². The van der Waals surface area contributed by atoms with E-state index in [-0.39, 0.29) is 0 Å². The summed E-state index contributed by atoms with van der Waals surface area (Å²) in [7, 11) is 1.91. The molecule has 3 rings (SSSR count). The van der Waals surface area contributed by atoms with E-state index in [9.17, 15) is 0 Å². The van der Waals surface area contributed by atoms with Crippen LogP contribution in [0.4, 0.5) is 0 Å². The van der Waals surface area contributed by atoms with Crippen molar-refractivity contribution in [3.63, 3.8) is 0 Å². The summed E-state index contributed by atoms with van der Waals surface area (Å²) in [6.45, 7) is 3.24. The first-order valence-electron chi connectivity index (χ1n) is 7.37. The van der Waals surface area contributed by atoms with E-state index < -0.39 is 0 Å². The van der Waals surface area contributed by atoms with Crippen LogP contribution in [0.15, 0.2) is 18.5 Å². The largest absolute Gasteiger partial charge is 0.310 e. The molecule has 5 nitrogen and oxygen atoms in total. The zero-order valence-electron chi connectivity index (χ0n) is 12.1. The SMILES string of the molecule is CCCNC1CCCc2nc(-c3ccn(C)n3)ncc21. The highest BCUT2D eigenvalue weighted by Crippen LogP contribution is 2.29. The summed E-state index contributed by atoms with van der Waals surface area (Å²) in [5.74, 6) is 0.737. The molecule has 0 amide bonds. The molecule has 1 atom stereocenters. The Morgan fingerprint density at radius 2 is 2.35 bits per heavy atom. The molecule has 20 heavy (non-hydrogen) atoms. The van der Waals surface area contributed by atoms with Crippen molar-refractivity contribution in [3.05, 3.63) is 29.7 Å². The molecule has 0 saturated heterocycles. The van der Waals surface area contributed by atoms with Crippen LogP contribution in [0.2, 0.25) is 0 Å². The zero-order valence-corrected chi connectivity index (χ0v) is 12.1. The van der Waals surface area contributed by atoms with Crippen molar-refractivity contribution >= 4 is 0 Å². The molecule has 1 N–H and O–H groups in total. The van der Waals surface area contributed by atoms with Gasteiger partial charge in [0.1, 0.15) is 5.69 Å². The fourth-order valence-electron chi connectivity index (χ4n) is 2.74. The van der Waals surface area contributed by atoms with Crippen LogP contribution in [0, 0.1) is 0 Å². The molecule has 0 spiro atoms. The Balaban J connectivity index is 1.88. The molecule has 0 bridgehead atoms. The molecule has 0 saturated carbocycles. The van der Waals surface area contributed by atoms with Crippen LogP contribution < -0.4 is 5.32 Å². The van der Waals surface area contributed by atoms with Gasteiger partial charge >= 0.3 is 0 Å². The molecule has 0 fully saturated rings. The van der Waals surface area contributed by atoms with Gasteiger partial charge < -0.3 is 5.32 Å². The molecule has 0 aromatic carbocycles. The standard InChI is InChI=1S/C15H21N5/c1-3-8-16-12-5-4-6-13-11(12)10-17-15(18-13)14-7-9-20(2)19-14/h7,9-10,12,16H,3-6,8H2,1-2H3. The van der Waals surface area contributed by atoms with Gasteiger partial charge in [0, 0.05) is 36.7 Å². The van der Waals surface area contributed by atoms with Gasteiger partial charge in [-0.1, -0.05) is 6.92 Å². The maximum Gasteiger partial charge on any atom is 0.180 e. The quantitative estimate of drug-likeness (QED) is 0.926. The van der Waals surface area contributed by atoms with Crippen molar-refractivity contribution in [3.8, 4) is 11.5 Å². The van der Waals surface area contributed by atoms with Crippen LogP contribution in [0.3, 0.4) is 0 Å². The van der Waals surface area contributed by atoms with Gasteiger partial charge in [-0.2, -0.15) is 5.10 Å². The highest BCUT2D eigenvalue weighted by Gasteiger charge is 2.22. The molecule has 2 heterocycles. The van der Waals surface area contributed by atoms with Gasteiger partial charge in [-0.3, -0.25) is 4.68 Å². The van der Waals surface area contributed by atoms with Crippen LogP contribution in [-0.2, 0) is 13.5 Å². The number of aromatic nitrogens is 4. The molecule has 0 radical (unpaired) electrons. The number of nitrogens with zero attached hydrogens (tertiary/aromatic N) is 4. The topological polar surface area (TPSA) is 55.6 Å². The van der Waals surface area contributed by atoms with E-state index in [0.717, 1.165) is 30.9 Å². The minimum atomic E-state index is 0.413. The van der Waals surface area contributed by atoms with Crippen molar-refractivity contribution in [2.75, 3.05) is 6.54 Å². The maximum atomic E-state index is 4.73. The zero-order chi connectivity index (χ0) is 13.9. The Morgan fingerprint density at radius 1 is 1.45 bits per heavy atom. The number of aryl methyl sites for hydroxylation is 2. The predicted molar refractivity (Wildman–Crippen MR) is 78.2 cm³/mol. The van der Waals surface area contributed by atoms with Crippen molar-refractivity contribution in [2.24, 2.45) is 7.05 Å². The molecular formula is C15H21N5. The summed E-state index contributed by atoms with van der Waals surface area (Å²) in [6.07, 6.45) is 8.47. The smallest absolute Gasteiger partial charge is 0.180 e. The lowest BCUT2D eigenvalue weighted by Gasteiger charge is -2.25. The third-order valence-electron chi connectivity index (χ3n) is 3.77. The van der Waals surface area contributed by atoms with E-state index in [1.807, 2.05) is 25.5 Å². The van der Waals surface area contributed by atoms with Gasteiger partial charge in [-0.15, -0.1) is 0 Å². The van der Waals surface area contributed by atoms with Gasteiger partial charge in [0.2, 0.25) is 0 Å². The lowest BCUT2D eigenvalue weighted by molar-refractivity contribution is 0.453. The van der Waals surface area contributed by atoms with Crippen LogP contribution in [0.25, 0.3) is 11.5 Å². The molecule has 5 heteroatoms. The van der Waals surface area contributed by atoms with Crippen LogP contribution in [-0.4, -0.2) is 26.3 Å². The number of nitrogens with one attached hydrogen (secondary N) is 1. The Morgan fingerprint density at radius 3 is 3.10 bits per heavy atom. The molecular weight excluding hydrogens is 250 g/mol. The van der Waals surface area contributed by atoms with Crippen molar-refractivity contribution in [2.45, 2.75) is 38.6 Å². The minimum Gasteiger partial charge on any atom is -0.310 e. The first-order valence-corrected chi connectivity index (χ1v) is 7.37. The van der Waals surface area contributed by atoms with E-state index in [0.29, 0.717) is 6.04 Å². The molecule has 106 valence electrons. The van der Waals surface area contributed by atoms with Crippen LogP contribution in [0.1, 0.15) is 43.5 Å².